The molecule has 7 heteroatoms. The van der Waals surface area contributed by atoms with Crippen LogP contribution in [0.5, 0.6) is 5.75 Å². The lowest BCUT2D eigenvalue weighted by Crippen LogP contribution is -2.30. The second-order valence-corrected chi connectivity index (χ2v) is 7.12. The first-order valence-corrected chi connectivity index (χ1v) is 8.59. The van der Waals surface area contributed by atoms with E-state index in [1.165, 1.54) is 0 Å². The van der Waals surface area contributed by atoms with E-state index in [0.717, 1.165) is 18.1 Å². The predicted octanol–water partition coefficient (Wildman–Crippen LogP) is 4.80. The average molecular weight is 376 g/mol. The third-order valence-corrected chi connectivity index (χ3v) is 5.48. The molecule has 25 heavy (non-hydrogen) atoms. The van der Waals surface area contributed by atoms with Gasteiger partial charge in [-0.25, -0.2) is 0 Å². The molecule has 1 N–H and O–H groups in total. The van der Waals surface area contributed by atoms with Crippen LogP contribution in [0.3, 0.4) is 0 Å². The summed E-state index contributed by atoms with van der Waals surface area (Å²) in [7, 11) is 0. The van der Waals surface area contributed by atoms with Crippen LogP contribution in [-0.2, 0) is 0 Å². The van der Waals surface area contributed by atoms with E-state index in [9.17, 15) is 15.2 Å². The molecule has 5 nitrogen and oxygen atoms in total. The maximum Gasteiger partial charge on any atom is 0.293 e. The Balaban J connectivity index is 1.89. The Labute approximate surface area is 154 Å². The minimum Gasteiger partial charge on any atom is -0.871 e. The smallest absolute Gasteiger partial charge is 0.293 e. The van der Waals surface area contributed by atoms with Crippen LogP contribution in [0.2, 0.25) is 10.0 Å². The minimum absolute atomic E-state index is 0.0743. The van der Waals surface area contributed by atoms with E-state index >= 15 is 0 Å². The summed E-state index contributed by atoms with van der Waals surface area (Å²) < 4.78 is 0. The summed E-state index contributed by atoms with van der Waals surface area (Å²) in [4.78, 5) is 11.0. The van der Waals surface area contributed by atoms with Crippen LogP contribution in [0.25, 0.3) is 0 Å². The highest BCUT2D eigenvalue weighted by Gasteiger charge is 2.42. The number of hydrogen-bond acceptors (Lipinski definition) is 4. The molecule has 0 saturated carbocycles. The Kier molecular flexibility index (Phi) is 3.85. The number of nitro groups is 1. The lowest BCUT2D eigenvalue weighted by atomic mass is 9.76. The number of rotatable bonds is 2. The Morgan fingerprint density at radius 3 is 2.60 bits per heavy atom. The number of nitrogens with zero attached hydrogens (tertiary/aromatic N) is 1. The van der Waals surface area contributed by atoms with Gasteiger partial charge < -0.3 is 10.4 Å². The summed E-state index contributed by atoms with van der Waals surface area (Å²) in [6.45, 7) is 0. The summed E-state index contributed by atoms with van der Waals surface area (Å²) in [5.41, 5.74) is 1.47. The number of benzene rings is 2. The Morgan fingerprint density at radius 2 is 1.92 bits per heavy atom. The molecule has 1 heterocycles. The van der Waals surface area contributed by atoms with Crippen LogP contribution in [0.15, 0.2) is 42.5 Å². The largest absolute Gasteiger partial charge is 0.871 e. The highest BCUT2D eigenvalue weighted by molar-refractivity contribution is 6.33. The van der Waals surface area contributed by atoms with Crippen molar-refractivity contribution >= 4 is 34.6 Å². The van der Waals surface area contributed by atoms with Crippen molar-refractivity contribution in [1.29, 1.82) is 0 Å². The van der Waals surface area contributed by atoms with Crippen molar-refractivity contribution in [3.8, 4) is 5.75 Å². The fourth-order valence-corrected chi connectivity index (χ4v) is 4.28. The van der Waals surface area contributed by atoms with E-state index in [1.807, 2.05) is 24.3 Å². The standard InChI is InChI=1S/C18H14Cl2N2O3/c19-10-6-4-9(5-7-10)16-12-3-1-2-11(12)15-17(21-16)14(23)8-13(20)18(15)22(24)25/h1-2,4-8,11-12,16,21,23H,3H2/p-1/t11-,12-,16-/m1/s1. The van der Waals surface area contributed by atoms with Crippen molar-refractivity contribution < 1.29 is 10.0 Å². The number of fused-ring (bicyclic) bond motifs is 3. The molecule has 2 aromatic rings. The maximum atomic E-state index is 12.5. The second kappa shape index (κ2) is 5.93. The second-order valence-electron chi connectivity index (χ2n) is 6.28. The number of anilines is 1. The van der Waals surface area contributed by atoms with Gasteiger partial charge in [0.2, 0.25) is 0 Å². The van der Waals surface area contributed by atoms with Gasteiger partial charge in [-0.15, -0.1) is 0 Å². The minimum atomic E-state index is -0.506. The zero-order valence-electron chi connectivity index (χ0n) is 12.9. The van der Waals surface area contributed by atoms with Crippen molar-refractivity contribution in [3.05, 3.63) is 73.8 Å². The molecule has 2 aromatic carbocycles. The molecule has 1 aliphatic heterocycles. The molecule has 3 atom stereocenters. The third-order valence-electron chi connectivity index (χ3n) is 4.94. The average Bonchev–Trinajstić information content (AvgIpc) is 3.04. The molecular formula is C18H13Cl2N2O3-. The van der Waals surface area contributed by atoms with Crippen LogP contribution in [0, 0.1) is 16.0 Å². The number of allylic oxidation sites excluding steroid dienone is 2. The molecule has 0 radical (unpaired) electrons. The van der Waals surface area contributed by atoms with Gasteiger partial charge in [0.25, 0.3) is 5.69 Å². The van der Waals surface area contributed by atoms with Gasteiger partial charge in [0.15, 0.2) is 0 Å². The zero-order valence-corrected chi connectivity index (χ0v) is 14.4. The van der Waals surface area contributed by atoms with Gasteiger partial charge in [-0.3, -0.25) is 10.1 Å². The molecule has 1 aliphatic carbocycles. The zero-order chi connectivity index (χ0) is 17.7. The molecule has 0 unspecified atom stereocenters. The summed E-state index contributed by atoms with van der Waals surface area (Å²) in [6, 6.07) is 8.41. The maximum absolute atomic E-state index is 12.5. The van der Waals surface area contributed by atoms with Crippen LogP contribution in [0.4, 0.5) is 11.4 Å². The van der Waals surface area contributed by atoms with Gasteiger partial charge in [0, 0.05) is 16.6 Å². The van der Waals surface area contributed by atoms with Crippen molar-refractivity contribution in [2.24, 2.45) is 5.92 Å². The van der Waals surface area contributed by atoms with Crippen LogP contribution in [-0.4, -0.2) is 4.92 Å². The van der Waals surface area contributed by atoms with Gasteiger partial charge in [-0.2, -0.15) is 0 Å². The molecule has 0 amide bonds. The van der Waals surface area contributed by atoms with E-state index in [2.05, 4.69) is 5.32 Å². The lowest BCUT2D eigenvalue weighted by molar-refractivity contribution is -0.385. The summed E-state index contributed by atoms with van der Waals surface area (Å²) >= 11 is 12.0. The molecule has 4 rings (SSSR count). The Morgan fingerprint density at radius 1 is 1.20 bits per heavy atom. The van der Waals surface area contributed by atoms with Gasteiger partial charge in [0.1, 0.15) is 5.02 Å². The summed E-state index contributed by atoms with van der Waals surface area (Å²) in [5, 5.41) is 27.8. The quantitative estimate of drug-likeness (QED) is 0.464. The molecule has 0 fully saturated rings. The van der Waals surface area contributed by atoms with Crippen LogP contribution >= 0.6 is 23.2 Å². The van der Waals surface area contributed by atoms with E-state index in [-0.39, 0.29) is 40.0 Å². The van der Waals surface area contributed by atoms with Crippen LogP contribution in [0.1, 0.15) is 29.5 Å². The lowest BCUT2D eigenvalue weighted by Gasteiger charge is -2.39. The first kappa shape index (κ1) is 16.2. The van der Waals surface area contributed by atoms with Crippen molar-refractivity contribution in [1.82, 2.24) is 0 Å². The van der Waals surface area contributed by atoms with E-state index in [4.69, 9.17) is 23.2 Å². The van der Waals surface area contributed by atoms with Crippen LogP contribution < -0.4 is 10.4 Å². The topological polar surface area (TPSA) is 78.2 Å². The molecule has 0 spiro atoms. The molecule has 0 aromatic heterocycles. The highest BCUT2D eigenvalue weighted by Crippen LogP contribution is 2.55. The van der Waals surface area contributed by atoms with E-state index < -0.39 is 4.92 Å². The normalized spacial score (nSPS) is 23.7. The van der Waals surface area contributed by atoms with Gasteiger partial charge in [-0.1, -0.05) is 53.2 Å². The van der Waals surface area contributed by atoms with E-state index in [1.54, 1.807) is 12.1 Å². The molecular weight excluding hydrogens is 363 g/mol. The molecule has 0 saturated heterocycles. The Bertz CT molecular complexity index is 896. The number of nitro benzene ring substituents is 1. The predicted molar refractivity (Wildman–Crippen MR) is 95.4 cm³/mol. The number of nitrogens with one attached hydrogen (secondary N) is 1. The van der Waals surface area contributed by atoms with Crippen molar-refractivity contribution in [2.75, 3.05) is 5.32 Å². The first-order valence-electron chi connectivity index (χ1n) is 7.84. The van der Waals surface area contributed by atoms with Crippen molar-refractivity contribution in [2.45, 2.75) is 18.4 Å². The SMILES string of the molecule is O=[N+]([O-])c1c(Cl)cc([O-])c2c1[C@@H]1C=CC[C@H]1[C@@H](c1ccc(Cl)cc1)N2. The van der Waals surface area contributed by atoms with Gasteiger partial charge in [-0.05, 0) is 36.1 Å². The Hall–Kier alpha value is -2.24. The molecule has 0 bridgehead atoms. The third kappa shape index (κ3) is 2.55. The number of hydrogen-bond donors (Lipinski definition) is 1. The first-order chi connectivity index (χ1) is 12.0. The van der Waals surface area contributed by atoms with E-state index in [0.29, 0.717) is 10.6 Å². The highest BCUT2D eigenvalue weighted by atomic mass is 35.5. The summed E-state index contributed by atoms with van der Waals surface area (Å²) in [5.74, 6) is -0.475. The fraction of sp³-hybridized carbons (Fsp3) is 0.222. The summed E-state index contributed by atoms with van der Waals surface area (Å²) in [6.07, 6.45) is 4.71. The molecule has 128 valence electrons. The fourth-order valence-electron chi connectivity index (χ4n) is 3.88. The molecule has 2 aliphatic rings. The number of halogens is 2. The van der Waals surface area contributed by atoms with Gasteiger partial charge >= 0.3 is 0 Å². The van der Waals surface area contributed by atoms with Gasteiger partial charge in [0.05, 0.1) is 16.5 Å². The monoisotopic (exact) mass is 375 g/mol. The van der Waals surface area contributed by atoms with Crippen molar-refractivity contribution in [3.63, 3.8) is 0 Å².